The van der Waals surface area contributed by atoms with Crippen LogP contribution in [0.5, 0.6) is 0 Å². The lowest BCUT2D eigenvalue weighted by Gasteiger charge is -2.27. The molecule has 4 heteroatoms. The summed E-state index contributed by atoms with van der Waals surface area (Å²) >= 11 is 0. The van der Waals surface area contributed by atoms with Gasteiger partial charge in [-0.1, -0.05) is 98.8 Å². The van der Waals surface area contributed by atoms with E-state index in [1.807, 2.05) is 0 Å². The van der Waals surface area contributed by atoms with Crippen molar-refractivity contribution in [3.63, 3.8) is 0 Å². The monoisotopic (exact) mass is 390 g/mol. The van der Waals surface area contributed by atoms with Crippen LogP contribution in [-0.4, -0.2) is 15.4 Å². The van der Waals surface area contributed by atoms with Gasteiger partial charge in [-0.2, -0.15) is 0 Å². The molecule has 2 N–H and O–H groups in total. The second kappa shape index (κ2) is 15.1. The van der Waals surface area contributed by atoms with E-state index in [0.29, 0.717) is 6.42 Å². The Morgan fingerprint density at radius 2 is 1.12 bits per heavy atom. The molecule has 0 spiro atoms. The Balaban J connectivity index is 4.71. The molecule has 3 nitrogen and oxygen atoms in total. The summed E-state index contributed by atoms with van der Waals surface area (Å²) in [5.74, 6) is 2.37. The smallest absolute Gasteiger partial charge is 0.324 e. The van der Waals surface area contributed by atoms with Crippen molar-refractivity contribution in [2.75, 3.05) is 0 Å². The van der Waals surface area contributed by atoms with E-state index in [2.05, 4.69) is 27.7 Å². The van der Waals surface area contributed by atoms with Crippen molar-refractivity contribution in [1.29, 1.82) is 0 Å². The molecule has 0 radical (unpaired) electrons. The lowest BCUT2D eigenvalue weighted by molar-refractivity contribution is 0.254. The lowest BCUT2D eigenvalue weighted by Crippen LogP contribution is -2.14. The maximum absolute atomic E-state index is 11.4. The van der Waals surface area contributed by atoms with Gasteiger partial charge in [-0.15, -0.1) is 0 Å². The maximum Gasteiger partial charge on any atom is 0.328 e. The van der Waals surface area contributed by atoms with Crippen LogP contribution in [0.1, 0.15) is 118 Å². The molecule has 0 rings (SSSR count). The van der Waals surface area contributed by atoms with Crippen LogP contribution in [0.3, 0.4) is 0 Å². The van der Waals surface area contributed by atoms with Crippen molar-refractivity contribution in [2.24, 2.45) is 17.8 Å². The third-order valence-electron chi connectivity index (χ3n) is 6.23. The van der Waals surface area contributed by atoms with Gasteiger partial charge in [-0.25, -0.2) is 0 Å². The molecular formula is C22H47O3P. The van der Waals surface area contributed by atoms with Crippen LogP contribution in [0.2, 0.25) is 0 Å². The van der Waals surface area contributed by atoms with E-state index >= 15 is 0 Å². The zero-order valence-electron chi connectivity index (χ0n) is 18.3. The Bertz CT molecular complexity index is 348. The summed E-state index contributed by atoms with van der Waals surface area (Å²) in [6.45, 7) is 10.9. The molecule has 0 aliphatic rings. The Morgan fingerprint density at radius 1 is 0.692 bits per heavy atom. The van der Waals surface area contributed by atoms with E-state index in [4.69, 9.17) is 0 Å². The molecule has 0 aromatic rings. The number of unbranched alkanes of at least 4 members (excludes halogenated alkanes) is 2. The summed E-state index contributed by atoms with van der Waals surface area (Å²) in [4.78, 5) is 18.6. The van der Waals surface area contributed by atoms with Gasteiger partial charge in [-0.05, 0) is 37.0 Å². The summed E-state index contributed by atoms with van der Waals surface area (Å²) in [6.07, 6.45) is 15.8. The van der Waals surface area contributed by atoms with E-state index in [1.54, 1.807) is 6.92 Å². The first-order valence-corrected chi connectivity index (χ1v) is 13.0. The Hall–Kier alpha value is 0.150. The summed E-state index contributed by atoms with van der Waals surface area (Å²) in [5.41, 5.74) is -0.493. The Kier molecular flexibility index (Phi) is 15.2. The van der Waals surface area contributed by atoms with Crippen molar-refractivity contribution in [3.05, 3.63) is 0 Å². The normalized spacial score (nSPS) is 17.0. The molecule has 0 heterocycles. The summed E-state index contributed by atoms with van der Waals surface area (Å²) in [6, 6.07) is 0. The van der Waals surface area contributed by atoms with Crippen LogP contribution >= 0.6 is 7.60 Å². The molecule has 3 unspecified atom stereocenters. The third kappa shape index (κ3) is 12.5. The third-order valence-corrected chi connectivity index (χ3v) is 7.63. The van der Waals surface area contributed by atoms with Gasteiger partial charge in [0.15, 0.2) is 0 Å². The number of hydrogen-bond donors (Lipinski definition) is 2. The van der Waals surface area contributed by atoms with E-state index in [9.17, 15) is 14.4 Å². The van der Waals surface area contributed by atoms with Gasteiger partial charge in [0.2, 0.25) is 0 Å². The molecule has 3 atom stereocenters. The minimum atomic E-state index is -3.91. The second-order valence-electron chi connectivity index (χ2n) is 8.54. The zero-order chi connectivity index (χ0) is 20.0. The standard InChI is InChI=1S/C22H47O3P/c1-6-10-14-20(8-3)17-22(18-21(9-4)15-11-7-2)16-12-13-19(5)26(23,24)25/h19-22H,6-18H2,1-5H3,(H2,23,24,25). The zero-order valence-corrected chi connectivity index (χ0v) is 19.1. The predicted molar refractivity (Wildman–Crippen MR) is 115 cm³/mol. The van der Waals surface area contributed by atoms with Crippen molar-refractivity contribution in [3.8, 4) is 0 Å². The molecule has 0 aromatic carbocycles. The fourth-order valence-electron chi connectivity index (χ4n) is 4.11. The molecule has 0 saturated heterocycles. The van der Waals surface area contributed by atoms with Crippen LogP contribution in [0.15, 0.2) is 0 Å². The molecule has 0 aromatic heterocycles. The fourth-order valence-corrected chi connectivity index (χ4v) is 4.63. The topological polar surface area (TPSA) is 57.5 Å². The van der Waals surface area contributed by atoms with Gasteiger partial charge in [0.25, 0.3) is 0 Å². The summed E-state index contributed by atoms with van der Waals surface area (Å²) < 4.78 is 11.4. The van der Waals surface area contributed by atoms with Gasteiger partial charge in [0.1, 0.15) is 0 Å². The number of hydrogen-bond acceptors (Lipinski definition) is 1. The van der Waals surface area contributed by atoms with Gasteiger partial charge in [0.05, 0.1) is 5.66 Å². The minimum absolute atomic E-state index is 0.493. The van der Waals surface area contributed by atoms with Crippen LogP contribution in [0.4, 0.5) is 0 Å². The average Bonchev–Trinajstić information content (AvgIpc) is 2.60. The van der Waals surface area contributed by atoms with Crippen LogP contribution in [-0.2, 0) is 4.57 Å². The van der Waals surface area contributed by atoms with E-state index < -0.39 is 13.3 Å². The van der Waals surface area contributed by atoms with E-state index in [1.165, 1.54) is 64.2 Å². The van der Waals surface area contributed by atoms with Gasteiger partial charge < -0.3 is 9.79 Å². The second-order valence-corrected chi connectivity index (χ2v) is 10.6. The Labute approximate surface area is 163 Å². The van der Waals surface area contributed by atoms with Crippen molar-refractivity contribution < 1.29 is 14.4 Å². The van der Waals surface area contributed by atoms with Crippen LogP contribution in [0.25, 0.3) is 0 Å². The van der Waals surface area contributed by atoms with Crippen LogP contribution < -0.4 is 0 Å². The largest absolute Gasteiger partial charge is 0.328 e. The molecule has 158 valence electrons. The maximum atomic E-state index is 11.4. The van der Waals surface area contributed by atoms with Crippen LogP contribution in [0, 0.1) is 17.8 Å². The quantitative estimate of drug-likeness (QED) is 0.252. The van der Waals surface area contributed by atoms with E-state index in [0.717, 1.165) is 30.6 Å². The van der Waals surface area contributed by atoms with Gasteiger partial charge in [-0.3, -0.25) is 4.57 Å². The minimum Gasteiger partial charge on any atom is -0.324 e. The summed E-state index contributed by atoms with van der Waals surface area (Å²) in [5, 5.41) is 0. The highest BCUT2D eigenvalue weighted by Gasteiger charge is 2.24. The Morgan fingerprint density at radius 3 is 1.46 bits per heavy atom. The lowest BCUT2D eigenvalue weighted by atomic mass is 9.79. The molecule has 0 aliphatic heterocycles. The predicted octanol–water partition coefficient (Wildman–Crippen LogP) is 7.55. The molecule has 0 bridgehead atoms. The van der Waals surface area contributed by atoms with Crippen molar-refractivity contribution in [2.45, 2.75) is 124 Å². The van der Waals surface area contributed by atoms with Crippen molar-refractivity contribution >= 4 is 7.60 Å². The highest BCUT2D eigenvalue weighted by molar-refractivity contribution is 7.52. The molecule has 26 heavy (non-hydrogen) atoms. The summed E-state index contributed by atoms with van der Waals surface area (Å²) in [7, 11) is -3.91. The highest BCUT2D eigenvalue weighted by atomic mass is 31.2. The first-order valence-electron chi connectivity index (χ1n) is 11.3. The molecule has 0 saturated carbocycles. The molecule has 0 amide bonds. The first kappa shape index (κ1) is 26.1. The number of rotatable bonds is 17. The van der Waals surface area contributed by atoms with Crippen molar-refractivity contribution in [1.82, 2.24) is 0 Å². The fraction of sp³-hybridized carbons (Fsp3) is 1.00. The first-order chi connectivity index (χ1) is 12.3. The van der Waals surface area contributed by atoms with E-state index in [-0.39, 0.29) is 0 Å². The average molecular weight is 391 g/mol. The molecule has 0 fully saturated rings. The highest BCUT2D eigenvalue weighted by Crippen LogP contribution is 2.43. The molecular weight excluding hydrogens is 343 g/mol. The molecule has 0 aliphatic carbocycles. The van der Waals surface area contributed by atoms with Gasteiger partial charge >= 0.3 is 7.60 Å². The SMILES string of the molecule is CCCCC(CC)CC(CCCC(C)P(=O)(O)O)CC(CC)CCCC. The van der Waals surface area contributed by atoms with Gasteiger partial charge in [0, 0.05) is 0 Å².